The number of fused-ring (bicyclic) bond motifs is 1. The quantitative estimate of drug-likeness (QED) is 0.473. The number of carbonyl (C=O) groups is 1. The van der Waals surface area contributed by atoms with Crippen LogP contribution in [0.1, 0.15) is 34.2 Å². The number of nitrogens with zero attached hydrogens (tertiary/aromatic N) is 4. The summed E-state index contributed by atoms with van der Waals surface area (Å²) in [5, 5.41) is 2.28. The van der Waals surface area contributed by atoms with Gasteiger partial charge in [0, 0.05) is 18.1 Å². The van der Waals surface area contributed by atoms with E-state index in [1.165, 1.54) is 22.7 Å². The maximum Gasteiger partial charge on any atom is 0.272 e. The number of carbonyl (C=O) groups excluding carboxylic acids is 1. The Morgan fingerprint density at radius 1 is 1.11 bits per heavy atom. The molecular formula is C19H24Cl2N4OS2. The molecule has 0 aliphatic carbocycles. The molecule has 2 aromatic heterocycles. The Hall–Kier alpha value is -1.25. The molecule has 3 aromatic rings. The van der Waals surface area contributed by atoms with E-state index in [-0.39, 0.29) is 18.3 Å². The summed E-state index contributed by atoms with van der Waals surface area (Å²) in [7, 11) is 0. The predicted molar refractivity (Wildman–Crippen MR) is 123 cm³/mol. The molecule has 0 saturated carbocycles. The number of likely N-dealkylation sites (N-methyl/N-ethyl adjacent to an activating group) is 1. The molecule has 0 unspecified atom stereocenters. The van der Waals surface area contributed by atoms with Gasteiger partial charge in [0.1, 0.15) is 4.88 Å². The molecule has 0 radical (unpaired) electrons. The second-order valence-corrected chi connectivity index (χ2v) is 8.89. The Kier molecular flexibility index (Phi) is 8.21. The third-order valence-corrected chi connectivity index (χ3v) is 6.78. The number of hydrogen-bond donors (Lipinski definition) is 0. The number of aromatic nitrogens is 2. The minimum atomic E-state index is -0.0320. The van der Waals surface area contributed by atoms with Crippen molar-refractivity contribution >= 4 is 67.9 Å². The van der Waals surface area contributed by atoms with Crippen molar-refractivity contribution in [2.24, 2.45) is 0 Å². The van der Waals surface area contributed by atoms with Crippen LogP contribution in [0, 0.1) is 13.8 Å². The minimum absolute atomic E-state index is 0. The fourth-order valence-corrected chi connectivity index (χ4v) is 5.05. The monoisotopic (exact) mass is 458 g/mol. The van der Waals surface area contributed by atoms with Crippen LogP contribution in [0.4, 0.5) is 5.13 Å². The van der Waals surface area contributed by atoms with Crippen LogP contribution in [0.2, 0.25) is 5.02 Å². The third kappa shape index (κ3) is 5.02. The van der Waals surface area contributed by atoms with Crippen molar-refractivity contribution in [3.05, 3.63) is 38.8 Å². The van der Waals surface area contributed by atoms with Gasteiger partial charge in [0.15, 0.2) is 5.13 Å². The van der Waals surface area contributed by atoms with Gasteiger partial charge in [-0.2, -0.15) is 0 Å². The summed E-state index contributed by atoms with van der Waals surface area (Å²) in [5.74, 6) is -0.0320. The van der Waals surface area contributed by atoms with E-state index < -0.39 is 0 Å². The van der Waals surface area contributed by atoms with Crippen LogP contribution in [0.25, 0.3) is 10.2 Å². The van der Waals surface area contributed by atoms with Crippen molar-refractivity contribution in [2.75, 3.05) is 31.1 Å². The maximum absolute atomic E-state index is 13.3. The van der Waals surface area contributed by atoms with Crippen LogP contribution in [-0.2, 0) is 0 Å². The highest BCUT2D eigenvalue weighted by Gasteiger charge is 2.25. The lowest BCUT2D eigenvalue weighted by atomic mass is 10.3. The molecular weight excluding hydrogens is 435 g/mol. The molecule has 2 heterocycles. The largest absolute Gasteiger partial charge is 0.302 e. The van der Waals surface area contributed by atoms with Crippen molar-refractivity contribution in [1.29, 1.82) is 0 Å². The van der Waals surface area contributed by atoms with Gasteiger partial charge in [0.05, 0.1) is 20.9 Å². The summed E-state index contributed by atoms with van der Waals surface area (Å²) in [6, 6.07) is 5.62. The van der Waals surface area contributed by atoms with Gasteiger partial charge in [-0.05, 0) is 45.1 Å². The first kappa shape index (κ1) is 23.0. The summed E-state index contributed by atoms with van der Waals surface area (Å²) < 4.78 is 0.982. The molecule has 28 heavy (non-hydrogen) atoms. The van der Waals surface area contributed by atoms with Gasteiger partial charge in [-0.15, -0.1) is 23.7 Å². The highest BCUT2D eigenvalue weighted by Crippen LogP contribution is 2.32. The number of aryl methyl sites for hydroxylation is 2. The highest BCUT2D eigenvalue weighted by molar-refractivity contribution is 7.22. The van der Waals surface area contributed by atoms with Crippen molar-refractivity contribution in [2.45, 2.75) is 27.7 Å². The fourth-order valence-electron chi connectivity index (χ4n) is 2.92. The van der Waals surface area contributed by atoms with E-state index in [1.807, 2.05) is 32.0 Å². The molecule has 0 bridgehead atoms. The van der Waals surface area contributed by atoms with Gasteiger partial charge in [-0.3, -0.25) is 9.69 Å². The van der Waals surface area contributed by atoms with Crippen molar-refractivity contribution in [3.8, 4) is 0 Å². The number of hydrogen-bond acceptors (Lipinski definition) is 6. The predicted octanol–water partition coefficient (Wildman–Crippen LogP) is 5.43. The van der Waals surface area contributed by atoms with Gasteiger partial charge in [0.25, 0.3) is 5.91 Å². The van der Waals surface area contributed by atoms with Gasteiger partial charge in [-0.25, -0.2) is 9.97 Å². The topological polar surface area (TPSA) is 49.3 Å². The van der Waals surface area contributed by atoms with Crippen LogP contribution in [0.3, 0.4) is 0 Å². The van der Waals surface area contributed by atoms with Crippen LogP contribution in [0.5, 0.6) is 0 Å². The first-order valence-corrected chi connectivity index (χ1v) is 11.0. The number of amides is 1. The molecule has 1 aromatic carbocycles. The smallest absolute Gasteiger partial charge is 0.272 e. The first-order chi connectivity index (χ1) is 12.9. The average molecular weight is 459 g/mol. The van der Waals surface area contributed by atoms with Crippen LogP contribution >= 0.6 is 46.7 Å². The summed E-state index contributed by atoms with van der Waals surface area (Å²) >= 11 is 9.05. The lowest BCUT2D eigenvalue weighted by Crippen LogP contribution is -2.38. The molecule has 0 spiro atoms. The Bertz CT molecular complexity index is 953. The van der Waals surface area contributed by atoms with Crippen molar-refractivity contribution in [1.82, 2.24) is 14.9 Å². The van der Waals surface area contributed by atoms with Crippen LogP contribution in [0.15, 0.2) is 18.2 Å². The van der Waals surface area contributed by atoms with Crippen molar-refractivity contribution < 1.29 is 4.79 Å². The Morgan fingerprint density at radius 3 is 2.43 bits per heavy atom. The molecule has 3 rings (SSSR count). The number of halogens is 2. The first-order valence-electron chi connectivity index (χ1n) is 8.97. The lowest BCUT2D eigenvalue weighted by Gasteiger charge is -2.24. The summed E-state index contributed by atoms with van der Waals surface area (Å²) in [5.41, 5.74) is 1.64. The van der Waals surface area contributed by atoms with E-state index >= 15 is 0 Å². The van der Waals surface area contributed by atoms with Crippen molar-refractivity contribution in [3.63, 3.8) is 0 Å². The molecule has 0 N–H and O–H groups in total. The van der Waals surface area contributed by atoms with Gasteiger partial charge < -0.3 is 4.90 Å². The summed E-state index contributed by atoms with van der Waals surface area (Å²) in [6.07, 6.45) is 0. The van der Waals surface area contributed by atoms with E-state index in [0.717, 1.165) is 40.6 Å². The maximum atomic E-state index is 13.3. The molecule has 152 valence electrons. The molecule has 0 aliphatic rings. The number of rotatable bonds is 7. The molecule has 0 saturated heterocycles. The fraction of sp³-hybridized carbons (Fsp3) is 0.421. The Morgan fingerprint density at radius 2 is 1.82 bits per heavy atom. The molecule has 0 fully saturated rings. The third-order valence-electron chi connectivity index (χ3n) is 4.45. The van der Waals surface area contributed by atoms with E-state index in [2.05, 4.69) is 23.7 Å². The second kappa shape index (κ2) is 9.98. The Balaban J connectivity index is 0.00000280. The van der Waals surface area contributed by atoms with Crippen LogP contribution in [-0.4, -0.2) is 47.0 Å². The zero-order chi connectivity index (χ0) is 19.6. The average Bonchev–Trinajstić information content (AvgIpc) is 3.20. The van der Waals surface area contributed by atoms with Gasteiger partial charge in [0.2, 0.25) is 0 Å². The molecule has 9 heteroatoms. The number of benzene rings is 1. The Labute approximate surface area is 184 Å². The zero-order valence-electron chi connectivity index (χ0n) is 16.4. The molecule has 5 nitrogen and oxygen atoms in total. The minimum Gasteiger partial charge on any atom is -0.302 e. The normalized spacial score (nSPS) is 11.1. The van der Waals surface area contributed by atoms with E-state index in [4.69, 9.17) is 16.6 Å². The van der Waals surface area contributed by atoms with E-state index in [1.54, 1.807) is 4.90 Å². The van der Waals surface area contributed by atoms with E-state index in [0.29, 0.717) is 21.6 Å². The summed E-state index contributed by atoms with van der Waals surface area (Å²) in [6.45, 7) is 11.4. The zero-order valence-corrected chi connectivity index (χ0v) is 19.6. The molecule has 0 atom stereocenters. The van der Waals surface area contributed by atoms with Gasteiger partial charge in [-0.1, -0.05) is 36.8 Å². The second-order valence-electron chi connectivity index (χ2n) is 6.24. The lowest BCUT2D eigenvalue weighted by molar-refractivity contribution is 0.0987. The summed E-state index contributed by atoms with van der Waals surface area (Å²) in [4.78, 5) is 27.2. The SMILES string of the molecule is CCN(CC)CCN(C(=O)c1sc(C)nc1C)c1nc2ccc(Cl)cc2s1.Cl. The standard InChI is InChI=1S/C19H23ClN4OS2.ClH/c1-5-23(6-2)9-10-24(18(25)17-12(3)21-13(4)26-17)19-22-15-8-7-14(20)11-16(15)27-19;/h7-8,11H,5-6,9-10H2,1-4H3;1H. The number of anilines is 1. The molecule has 0 aliphatic heterocycles. The van der Waals surface area contributed by atoms with E-state index in [9.17, 15) is 4.79 Å². The number of thiazole rings is 2. The molecule has 1 amide bonds. The van der Waals surface area contributed by atoms with Crippen LogP contribution < -0.4 is 4.90 Å². The highest BCUT2D eigenvalue weighted by atomic mass is 35.5. The van der Waals surface area contributed by atoms with Gasteiger partial charge >= 0.3 is 0 Å².